The van der Waals surface area contributed by atoms with E-state index in [2.05, 4.69) is 15.6 Å². The van der Waals surface area contributed by atoms with Crippen LogP contribution in [0.2, 0.25) is 0 Å². The fourth-order valence-corrected chi connectivity index (χ4v) is 4.95. The van der Waals surface area contributed by atoms with E-state index in [-0.39, 0.29) is 11.8 Å². The number of anilines is 2. The molecule has 6 nitrogen and oxygen atoms in total. The summed E-state index contributed by atoms with van der Waals surface area (Å²) in [5, 5.41) is 6.56. The Labute approximate surface area is 174 Å². The van der Waals surface area contributed by atoms with E-state index < -0.39 is 6.10 Å². The summed E-state index contributed by atoms with van der Waals surface area (Å²) >= 11 is 3.01. The van der Waals surface area contributed by atoms with Gasteiger partial charge in [-0.2, -0.15) is 0 Å². The van der Waals surface area contributed by atoms with Crippen LogP contribution < -0.4 is 15.4 Å². The quantitative estimate of drug-likeness (QED) is 0.488. The zero-order valence-electron chi connectivity index (χ0n) is 15.3. The van der Waals surface area contributed by atoms with Gasteiger partial charge in [-0.1, -0.05) is 12.1 Å². The highest BCUT2D eigenvalue weighted by Crippen LogP contribution is 2.35. The van der Waals surface area contributed by atoms with Gasteiger partial charge in [0.05, 0.1) is 25.7 Å². The molecular formula is C21H15N3O3S2. The third kappa shape index (κ3) is 3.37. The van der Waals surface area contributed by atoms with Crippen LogP contribution in [0.1, 0.15) is 16.6 Å². The minimum absolute atomic E-state index is 0.209. The van der Waals surface area contributed by atoms with E-state index in [0.29, 0.717) is 22.0 Å². The van der Waals surface area contributed by atoms with Gasteiger partial charge in [-0.25, -0.2) is 4.98 Å². The van der Waals surface area contributed by atoms with Crippen molar-refractivity contribution in [2.75, 3.05) is 10.6 Å². The Bertz CT molecular complexity index is 1230. The number of carbonyl (C=O) groups is 2. The molecule has 1 unspecified atom stereocenters. The van der Waals surface area contributed by atoms with Crippen molar-refractivity contribution in [2.45, 2.75) is 13.0 Å². The molecule has 0 aliphatic carbocycles. The monoisotopic (exact) mass is 421 g/mol. The van der Waals surface area contributed by atoms with Gasteiger partial charge in [-0.05, 0) is 49.4 Å². The van der Waals surface area contributed by atoms with E-state index in [4.69, 9.17) is 4.74 Å². The summed E-state index contributed by atoms with van der Waals surface area (Å²) in [5.41, 5.74) is 2.09. The second-order valence-electron chi connectivity index (χ2n) is 6.57. The first kappa shape index (κ1) is 17.8. The molecule has 0 fully saturated rings. The fraction of sp³-hybridized carbons (Fsp3) is 0.0952. The number of nitrogens with zero attached hydrogens (tertiary/aromatic N) is 1. The molecule has 2 aromatic heterocycles. The van der Waals surface area contributed by atoms with Crippen LogP contribution in [0.3, 0.4) is 0 Å². The van der Waals surface area contributed by atoms with Crippen molar-refractivity contribution in [3.63, 3.8) is 0 Å². The number of thiazole rings is 1. The maximum absolute atomic E-state index is 12.7. The van der Waals surface area contributed by atoms with Gasteiger partial charge in [0.25, 0.3) is 11.8 Å². The molecule has 1 atom stereocenters. The summed E-state index contributed by atoms with van der Waals surface area (Å²) in [6.45, 7) is 1.69. The largest absolute Gasteiger partial charge is 0.479 e. The van der Waals surface area contributed by atoms with E-state index in [1.54, 1.807) is 42.5 Å². The zero-order chi connectivity index (χ0) is 20.0. The lowest BCUT2D eigenvalue weighted by Crippen LogP contribution is -2.34. The maximum atomic E-state index is 12.7. The predicted molar refractivity (Wildman–Crippen MR) is 116 cm³/mol. The molecular weight excluding hydrogens is 406 g/mol. The Hall–Kier alpha value is -3.23. The van der Waals surface area contributed by atoms with Crippen molar-refractivity contribution >= 4 is 56.1 Å². The van der Waals surface area contributed by atoms with Gasteiger partial charge in [-0.3, -0.25) is 9.59 Å². The van der Waals surface area contributed by atoms with Crippen LogP contribution in [0.25, 0.3) is 20.1 Å². The molecule has 0 bridgehead atoms. The van der Waals surface area contributed by atoms with Crippen molar-refractivity contribution in [1.29, 1.82) is 0 Å². The molecule has 3 heterocycles. The van der Waals surface area contributed by atoms with E-state index in [1.807, 2.05) is 30.3 Å². The highest BCUT2D eigenvalue weighted by atomic mass is 32.1. The number of thiophene rings is 1. The Balaban J connectivity index is 1.35. The van der Waals surface area contributed by atoms with Gasteiger partial charge >= 0.3 is 0 Å². The Morgan fingerprint density at radius 1 is 1.14 bits per heavy atom. The van der Waals surface area contributed by atoms with Crippen molar-refractivity contribution in [2.24, 2.45) is 0 Å². The van der Waals surface area contributed by atoms with Crippen LogP contribution in [0.5, 0.6) is 5.75 Å². The second kappa shape index (κ2) is 6.98. The van der Waals surface area contributed by atoms with Crippen molar-refractivity contribution in [3.8, 4) is 15.6 Å². The van der Waals surface area contributed by atoms with Gasteiger partial charge in [0.1, 0.15) is 10.8 Å². The normalized spacial score (nSPS) is 15.5. The number of fused-ring (bicyclic) bond motifs is 2. The number of rotatable bonds is 3. The molecule has 4 aromatic rings. The van der Waals surface area contributed by atoms with Gasteiger partial charge < -0.3 is 15.4 Å². The molecule has 2 amide bonds. The molecule has 0 spiro atoms. The van der Waals surface area contributed by atoms with Crippen LogP contribution in [-0.4, -0.2) is 22.9 Å². The fourth-order valence-electron chi connectivity index (χ4n) is 3.03. The number of hydrogen-bond donors (Lipinski definition) is 2. The molecule has 29 heavy (non-hydrogen) atoms. The summed E-state index contributed by atoms with van der Waals surface area (Å²) in [6.07, 6.45) is -0.532. The summed E-state index contributed by atoms with van der Waals surface area (Å²) in [7, 11) is 0. The molecule has 2 aromatic carbocycles. The lowest BCUT2D eigenvalue weighted by molar-refractivity contribution is -0.122. The van der Waals surface area contributed by atoms with Crippen molar-refractivity contribution in [1.82, 2.24) is 4.98 Å². The highest BCUT2D eigenvalue weighted by molar-refractivity contribution is 7.26. The summed E-state index contributed by atoms with van der Waals surface area (Å²) in [4.78, 5) is 30.7. The maximum Gasteiger partial charge on any atom is 0.265 e. The molecule has 0 radical (unpaired) electrons. The van der Waals surface area contributed by atoms with E-state index in [1.165, 1.54) is 11.3 Å². The van der Waals surface area contributed by atoms with E-state index in [9.17, 15) is 9.59 Å². The van der Waals surface area contributed by atoms with E-state index >= 15 is 0 Å². The third-order valence-electron chi connectivity index (χ3n) is 4.50. The highest BCUT2D eigenvalue weighted by Gasteiger charge is 2.24. The van der Waals surface area contributed by atoms with Gasteiger partial charge in [0.15, 0.2) is 6.10 Å². The van der Waals surface area contributed by atoms with Gasteiger partial charge in [-0.15, -0.1) is 22.7 Å². The topological polar surface area (TPSA) is 80.3 Å². The van der Waals surface area contributed by atoms with Crippen LogP contribution in [-0.2, 0) is 4.79 Å². The number of nitrogens with one attached hydrogen (secondary N) is 2. The molecule has 144 valence electrons. The second-order valence-corrected chi connectivity index (χ2v) is 8.68. The first-order chi connectivity index (χ1) is 14.1. The number of para-hydroxylation sites is 1. The minimum Gasteiger partial charge on any atom is -0.479 e. The summed E-state index contributed by atoms with van der Waals surface area (Å²) < 4.78 is 6.66. The van der Waals surface area contributed by atoms with Crippen molar-refractivity contribution in [3.05, 3.63) is 59.5 Å². The van der Waals surface area contributed by atoms with Crippen LogP contribution in [0, 0.1) is 0 Å². The zero-order valence-corrected chi connectivity index (χ0v) is 16.9. The number of ether oxygens (including phenoxy) is 1. The number of carbonyl (C=O) groups excluding carboxylic acids is 2. The molecule has 0 saturated carbocycles. The van der Waals surface area contributed by atoms with Crippen molar-refractivity contribution < 1.29 is 14.3 Å². The molecule has 1 aliphatic rings. The third-order valence-corrected chi connectivity index (χ3v) is 6.79. The number of hydrogen-bond acceptors (Lipinski definition) is 6. The SMILES string of the molecule is CC1Oc2ccc(NC(=O)c3ccc(-c4nc5ccccc5s4)s3)cc2NC1=O. The number of amides is 2. The first-order valence-electron chi connectivity index (χ1n) is 8.95. The Kier molecular flexibility index (Phi) is 4.30. The van der Waals surface area contributed by atoms with E-state index in [0.717, 1.165) is 20.1 Å². The Morgan fingerprint density at radius 3 is 2.86 bits per heavy atom. The first-order valence-corrected chi connectivity index (χ1v) is 10.6. The van der Waals surface area contributed by atoms with Crippen LogP contribution >= 0.6 is 22.7 Å². The smallest absolute Gasteiger partial charge is 0.265 e. The Morgan fingerprint density at radius 2 is 2.00 bits per heavy atom. The van der Waals surface area contributed by atoms with Crippen LogP contribution in [0.15, 0.2) is 54.6 Å². The molecule has 1 aliphatic heterocycles. The molecule has 2 N–H and O–H groups in total. The molecule has 5 rings (SSSR count). The number of benzene rings is 2. The molecule has 8 heteroatoms. The molecule has 0 saturated heterocycles. The number of aromatic nitrogens is 1. The minimum atomic E-state index is -0.532. The van der Waals surface area contributed by atoms with Gasteiger partial charge in [0, 0.05) is 5.69 Å². The standard InChI is InChI=1S/C21H15N3O3S2/c1-11-19(25)23-14-10-12(6-7-15(14)27-11)22-20(26)17-8-9-18(28-17)21-24-13-4-2-3-5-16(13)29-21/h2-11H,1H3,(H,22,26)(H,23,25). The van der Waals surface area contributed by atoms with Crippen LogP contribution in [0.4, 0.5) is 11.4 Å². The summed E-state index contributed by atoms with van der Waals surface area (Å²) in [5.74, 6) is 0.169. The lowest BCUT2D eigenvalue weighted by atomic mass is 10.2. The summed E-state index contributed by atoms with van der Waals surface area (Å²) in [6, 6.07) is 16.9. The average molecular weight is 422 g/mol. The van der Waals surface area contributed by atoms with Gasteiger partial charge in [0.2, 0.25) is 0 Å². The average Bonchev–Trinajstić information content (AvgIpc) is 3.36. The predicted octanol–water partition coefficient (Wildman–Crippen LogP) is 5.00. The lowest BCUT2D eigenvalue weighted by Gasteiger charge is -2.23.